The molecule has 0 aromatic heterocycles. The molecule has 16 heavy (non-hydrogen) atoms. The molecule has 0 aliphatic carbocycles. The number of halogens is 8. The van der Waals surface area contributed by atoms with Crippen molar-refractivity contribution in [3.8, 4) is 0 Å². The van der Waals surface area contributed by atoms with Crippen LogP contribution in [0.4, 0.5) is 0 Å². The molecule has 0 amide bonds. The third-order valence-corrected chi connectivity index (χ3v) is 4.20. The minimum Gasteiger partial charge on any atom is -0.0784 e. The van der Waals surface area contributed by atoms with Crippen molar-refractivity contribution in [3.05, 3.63) is 32.2 Å². The van der Waals surface area contributed by atoms with Gasteiger partial charge in [0.05, 0.1) is 0 Å². The molecule has 0 radical (unpaired) electrons. The van der Waals surface area contributed by atoms with Gasteiger partial charge in [0.15, 0.2) is 0 Å². The van der Waals surface area contributed by atoms with Crippen LogP contribution in [0.1, 0.15) is 11.1 Å². The lowest BCUT2D eigenvalue weighted by Crippen LogP contribution is -2.07. The van der Waals surface area contributed by atoms with E-state index in [1.807, 2.05) is 0 Å². The minimum absolute atomic E-state index is 0.461. The van der Waals surface area contributed by atoms with Crippen LogP contribution in [0, 0.1) is 0 Å². The van der Waals surface area contributed by atoms with E-state index >= 15 is 0 Å². The molecule has 0 unspecified atom stereocenters. The lowest BCUT2D eigenvalue weighted by Gasteiger charge is -2.19. The summed E-state index contributed by atoms with van der Waals surface area (Å²) in [5, 5.41) is 0. The molecule has 0 aliphatic rings. The smallest absolute Gasteiger partial charge is 0.0784 e. The monoisotopic (exact) mass is 466 g/mol. The number of hydrogen-bond donors (Lipinski definition) is 0. The fraction of sp³-hybridized carbons (Fsp3) is 0.250. The summed E-state index contributed by atoms with van der Waals surface area (Å²) in [7, 11) is 0. The maximum atomic E-state index is 5.78. The van der Waals surface area contributed by atoms with Crippen molar-refractivity contribution < 1.29 is 0 Å². The number of alkyl halides is 6. The summed E-state index contributed by atoms with van der Waals surface area (Å²) < 4.78 is -1.99. The molecule has 0 fully saturated rings. The highest BCUT2D eigenvalue weighted by Crippen LogP contribution is 2.48. The first-order valence-electron chi connectivity index (χ1n) is 3.67. The molecule has 0 spiro atoms. The summed E-state index contributed by atoms with van der Waals surface area (Å²) in [6.45, 7) is 0. The largest absolute Gasteiger partial charge is 0.217 e. The van der Waals surface area contributed by atoms with E-state index in [1.165, 1.54) is 0 Å². The zero-order valence-corrected chi connectivity index (χ0v) is 14.9. The Morgan fingerprint density at radius 3 is 1.12 bits per heavy atom. The SMILES string of the molecule is ClC(Cl)(Cl)c1cc(Br)c(C(Cl)(Cl)Cl)cc1Br. The third kappa shape index (κ3) is 3.96. The van der Waals surface area contributed by atoms with Gasteiger partial charge in [0.25, 0.3) is 0 Å². The van der Waals surface area contributed by atoms with E-state index in [9.17, 15) is 0 Å². The van der Waals surface area contributed by atoms with Crippen LogP contribution in [0.3, 0.4) is 0 Å². The Hall–Kier alpha value is 1.92. The first-order chi connectivity index (χ1) is 7.03. The van der Waals surface area contributed by atoms with Gasteiger partial charge < -0.3 is 0 Å². The number of rotatable bonds is 0. The number of benzene rings is 1. The Morgan fingerprint density at radius 1 is 0.688 bits per heavy atom. The Morgan fingerprint density at radius 2 is 0.938 bits per heavy atom. The Balaban J connectivity index is 3.40. The fourth-order valence-electron chi connectivity index (χ4n) is 0.981. The second-order valence-corrected chi connectivity index (χ2v) is 9.08. The molecule has 8 heteroatoms. The van der Waals surface area contributed by atoms with Crippen LogP contribution in [0.25, 0.3) is 0 Å². The summed E-state index contributed by atoms with van der Waals surface area (Å²) in [6.07, 6.45) is 0. The van der Waals surface area contributed by atoms with Crippen molar-refractivity contribution in [1.82, 2.24) is 0 Å². The molecule has 1 aromatic rings. The van der Waals surface area contributed by atoms with Crippen molar-refractivity contribution in [1.29, 1.82) is 0 Å². The van der Waals surface area contributed by atoms with Crippen molar-refractivity contribution in [3.63, 3.8) is 0 Å². The van der Waals surface area contributed by atoms with Crippen LogP contribution < -0.4 is 0 Å². The summed E-state index contributed by atoms with van der Waals surface area (Å²) >= 11 is 41.2. The van der Waals surface area contributed by atoms with Gasteiger partial charge in [-0.15, -0.1) is 0 Å². The van der Waals surface area contributed by atoms with Crippen molar-refractivity contribution in [2.24, 2.45) is 0 Å². The van der Waals surface area contributed by atoms with Crippen molar-refractivity contribution in [2.75, 3.05) is 0 Å². The van der Waals surface area contributed by atoms with E-state index in [0.29, 0.717) is 20.1 Å². The Labute approximate surface area is 140 Å². The zero-order valence-electron chi connectivity index (χ0n) is 7.18. The van der Waals surface area contributed by atoms with Gasteiger partial charge in [-0.3, -0.25) is 0 Å². The lowest BCUT2D eigenvalue weighted by molar-refractivity contribution is 1.15. The lowest BCUT2D eigenvalue weighted by atomic mass is 10.2. The molecule has 0 N–H and O–H groups in total. The fourth-order valence-corrected chi connectivity index (χ4v) is 3.89. The Kier molecular flexibility index (Phi) is 5.49. The maximum Gasteiger partial charge on any atom is 0.217 e. The molecule has 0 saturated heterocycles. The molecule has 1 aromatic carbocycles. The van der Waals surface area contributed by atoms with Crippen LogP contribution in [-0.2, 0) is 7.59 Å². The average Bonchev–Trinajstić information content (AvgIpc) is 2.04. The molecular weight excluding hydrogens is 469 g/mol. The quantitative estimate of drug-likeness (QED) is 0.363. The standard InChI is InChI=1S/C8H2Br2Cl6/c9-5-1-3(7(11,12)13)6(10)2-4(5)8(14,15)16/h1-2H. The topological polar surface area (TPSA) is 0 Å². The predicted molar refractivity (Wildman–Crippen MR) is 80.3 cm³/mol. The molecule has 0 heterocycles. The highest BCUT2D eigenvalue weighted by molar-refractivity contribution is 9.11. The van der Waals surface area contributed by atoms with Gasteiger partial charge in [-0.25, -0.2) is 0 Å². The van der Waals surface area contributed by atoms with Gasteiger partial charge in [0.1, 0.15) is 0 Å². The summed E-state index contributed by atoms with van der Waals surface area (Å²) in [4.78, 5) is 0. The molecule has 1 rings (SSSR count). The van der Waals surface area contributed by atoms with Crippen LogP contribution in [0.5, 0.6) is 0 Å². The third-order valence-electron chi connectivity index (χ3n) is 1.67. The molecule has 90 valence electrons. The van der Waals surface area contributed by atoms with Crippen molar-refractivity contribution >= 4 is 101 Å². The van der Waals surface area contributed by atoms with Gasteiger partial charge in [0.2, 0.25) is 7.59 Å². The van der Waals surface area contributed by atoms with E-state index in [1.54, 1.807) is 12.1 Å². The van der Waals surface area contributed by atoms with Crippen LogP contribution in [0.2, 0.25) is 0 Å². The van der Waals surface area contributed by atoms with Gasteiger partial charge in [0, 0.05) is 20.1 Å². The molecule has 0 saturated carbocycles. The summed E-state index contributed by atoms with van der Waals surface area (Å²) in [5.74, 6) is 0. The molecule has 0 nitrogen and oxygen atoms in total. The van der Waals surface area contributed by atoms with Crippen LogP contribution in [0.15, 0.2) is 21.1 Å². The Bertz CT molecular complexity index is 366. The summed E-state index contributed by atoms with van der Waals surface area (Å²) in [6, 6.07) is 3.18. The van der Waals surface area contributed by atoms with Crippen molar-refractivity contribution in [2.45, 2.75) is 7.59 Å². The number of hydrogen-bond acceptors (Lipinski definition) is 0. The molecule has 0 bridgehead atoms. The van der Waals surface area contributed by atoms with E-state index in [2.05, 4.69) is 31.9 Å². The van der Waals surface area contributed by atoms with Gasteiger partial charge >= 0.3 is 0 Å². The second kappa shape index (κ2) is 5.50. The van der Waals surface area contributed by atoms with E-state index < -0.39 is 7.59 Å². The average molecular weight is 471 g/mol. The molecular formula is C8H2Br2Cl6. The van der Waals surface area contributed by atoms with Crippen LogP contribution >= 0.6 is 101 Å². The zero-order chi connectivity index (χ0) is 12.7. The minimum atomic E-state index is -1.55. The molecule has 0 atom stereocenters. The maximum absolute atomic E-state index is 5.78. The van der Waals surface area contributed by atoms with E-state index in [4.69, 9.17) is 69.6 Å². The predicted octanol–water partition coefficient (Wildman–Crippen LogP) is 6.87. The van der Waals surface area contributed by atoms with Crippen LogP contribution in [-0.4, -0.2) is 0 Å². The van der Waals surface area contributed by atoms with E-state index in [-0.39, 0.29) is 0 Å². The molecule has 0 aliphatic heterocycles. The summed E-state index contributed by atoms with van der Waals surface area (Å²) in [5.41, 5.74) is 0.921. The van der Waals surface area contributed by atoms with E-state index in [0.717, 1.165) is 0 Å². The highest BCUT2D eigenvalue weighted by atomic mass is 79.9. The first kappa shape index (κ1) is 16.0. The first-order valence-corrected chi connectivity index (χ1v) is 7.52. The van der Waals surface area contributed by atoms with Gasteiger partial charge in [-0.2, -0.15) is 0 Å². The van der Waals surface area contributed by atoms with Gasteiger partial charge in [-0.05, 0) is 12.1 Å². The second-order valence-electron chi connectivity index (χ2n) is 2.81. The normalized spacial score (nSPS) is 13.0. The van der Waals surface area contributed by atoms with Gasteiger partial charge in [-0.1, -0.05) is 101 Å². The highest BCUT2D eigenvalue weighted by Gasteiger charge is 2.31.